The number of aromatic nitrogens is 3. The van der Waals surface area contributed by atoms with Gasteiger partial charge in [-0.15, -0.1) is 22.7 Å². The van der Waals surface area contributed by atoms with Gasteiger partial charge in [0.15, 0.2) is 4.96 Å². The number of likely N-dealkylation sites (tertiary alicyclic amines) is 1. The molecule has 1 aromatic carbocycles. The van der Waals surface area contributed by atoms with E-state index in [9.17, 15) is 22.8 Å². The van der Waals surface area contributed by atoms with Crippen LogP contribution in [0.25, 0.3) is 15.4 Å². The average molecular weight is 520 g/mol. The van der Waals surface area contributed by atoms with E-state index >= 15 is 0 Å². The molecule has 1 aliphatic rings. The first-order valence-electron chi connectivity index (χ1n) is 10.8. The van der Waals surface area contributed by atoms with E-state index in [-0.39, 0.29) is 30.1 Å². The molecule has 12 heteroatoms. The van der Waals surface area contributed by atoms with Crippen LogP contribution in [0.15, 0.2) is 35.8 Å². The predicted molar refractivity (Wildman–Crippen MR) is 127 cm³/mol. The molecule has 0 radical (unpaired) electrons. The molecule has 2 amide bonds. The van der Waals surface area contributed by atoms with Crippen LogP contribution in [-0.4, -0.2) is 50.2 Å². The van der Waals surface area contributed by atoms with Gasteiger partial charge in [-0.2, -0.15) is 13.2 Å². The molecular formula is C23H20F3N5O2S2. The Morgan fingerprint density at radius 3 is 2.74 bits per heavy atom. The number of imidazole rings is 1. The van der Waals surface area contributed by atoms with E-state index in [1.54, 1.807) is 35.4 Å². The van der Waals surface area contributed by atoms with Crippen molar-refractivity contribution in [1.29, 1.82) is 0 Å². The number of fused-ring (bicyclic) bond motifs is 1. The molecule has 0 saturated carbocycles. The number of rotatable bonds is 5. The molecule has 0 spiro atoms. The van der Waals surface area contributed by atoms with Crippen molar-refractivity contribution < 1.29 is 22.8 Å². The van der Waals surface area contributed by atoms with Crippen LogP contribution in [0, 0.1) is 13.8 Å². The van der Waals surface area contributed by atoms with Crippen LogP contribution in [-0.2, 0) is 6.18 Å². The molecule has 1 atom stereocenters. The molecule has 1 N–H and O–H groups in total. The van der Waals surface area contributed by atoms with Gasteiger partial charge in [-0.05, 0) is 38.0 Å². The van der Waals surface area contributed by atoms with Crippen LogP contribution in [0.4, 0.5) is 13.2 Å². The number of thiazole rings is 2. The zero-order chi connectivity index (χ0) is 24.9. The van der Waals surface area contributed by atoms with E-state index in [2.05, 4.69) is 15.3 Å². The minimum atomic E-state index is -4.48. The summed E-state index contributed by atoms with van der Waals surface area (Å²) in [5, 5.41) is 5.33. The van der Waals surface area contributed by atoms with Gasteiger partial charge in [-0.1, -0.05) is 12.1 Å². The number of alkyl halides is 3. The Hall–Kier alpha value is -3.25. The standard InChI is InChI=1S/C23H20F3N5O2S2/c1-12-18(31-8-9-34-22(31)28-12)20(32)27-11-16-6-7-30(16)21(33)17-19(35-13(2)29-17)14-4-3-5-15(10-14)23(24,25)26/h3-5,8-10,16H,6-7,11H2,1-2H3,(H,27,32)/t16-/m1/s1. The van der Waals surface area contributed by atoms with Crippen LogP contribution in [0.2, 0.25) is 0 Å². The van der Waals surface area contributed by atoms with E-state index in [1.165, 1.54) is 28.7 Å². The van der Waals surface area contributed by atoms with E-state index in [1.807, 2.05) is 5.38 Å². The fourth-order valence-electron chi connectivity index (χ4n) is 4.12. The summed E-state index contributed by atoms with van der Waals surface area (Å²) in [5.74, 6) is -0.630. The second kappa shape index (κ2) is 8.76. The second-order valence-corrected chi connectivity index (χ2v) is 10.3. The molecule has 4 heterocycles. The molecule has 5 rings (SSSR count). The Morgan fingerprint density at radius 1 is 1.23 bits per heavy atom. The molecule has 4 aromatic rings. The maximum absolute atomic E-state index is 13.3. The molecule has 1 fully saturated rings. The Morgan fingerprint density at radius 2 is 2.03 bits per heavy atom. The van der Waals surface area contributed by atoms with Gasteiger partial charge in [0.25, 0.3) is 11.8 Å². The highest BCUT2D eigenvalue weighted by Crippen LogP contribution is 2.36. The second-order valence-electron chi connectivity index (χ2n) is 8.24. The van der Waals surface area contributed by atoms with Gasteiger partial charge in [0.1, 0.15) is 11.4 Å². The van der Waals surface area contributed by atoms with Gasteiger partial charge < -0.3 is 10.2 Å². The Bertz CT molecular complexity index is 1440. The van der Waals surface area contributed by atoms with Crippen LogP contribution >= 0.6 is 22.7 Å². The molecule has 0 bridgehead atoms. The van der Waals surface area contributed by atoms with E-state index in [4.69, 9.17) is 0 Å². The molecule has 0 unspecified atom stereocenters. The number of amides is 2. The summed E-state index contributed by atoms with van der Waals surface area (Å²) in [4.78, 5) is 37.6. The topological polar surface area (TPSA) is 79.6 Å². The lowest BCUT2D eigenvalue weighted by molar-refractivity contribution is -0.137. The zero-order valence-electron chi connectivity index (χ0n) is 18.7. The van der Waals surface area contributed by atoms with Crippen molar-refractivity contribution in [3.05, 3.63) is 63.5 Å². The molecule has 182 valence electrons. The van der Waals surface area contributed by atoms with Gasteiger partial charge in [0, 0.05) is 24.7 Å². The van der Waals surface area contributed by atoms with Crippen molar-refractivity contribution in [2.24, 2.45) is 0 Å². The fourth-order valence-corrected chi connectivity index (χ4v) is 5.79. The monoisotopic (exact) mass is 519 g/mol. The molecule has 35 heavy (non-hydrogen) atoms. The quantitative estimate of drug-likeness (QED) is 0.411. The third-order valence-corrected chi connectivity index (χ3v) is 7.72. The summed E-state index contributed by atoms with van der Waals surface area (Å²) in [6.07, 6.45) is -2.00. The molecule has 1 aliphatic heterocycles. The number of carbonyl (C=O) groups is 2. The first kappa shape index (κ1) is 23.5. The van der Waals surface area contributed by atoms with Crippen molar-refractivity contribution in [3.8, 4) is 10.4 Å². The maximum atomic E-state index is 13.3. The number of hydrogen-bond donors (Lipinski definition) is 1. The van der Waals surface area contributed by atoms with E-state index in [0.29, 0.717) is 39.8 Å². The average Bonchev–Trinajstić information content (AvgIpc) is 3.46. The number of carbonyl (C=O) groups excluding carboxylic acids is 2. The molecule has 3 aromatic heterocycles. The highest BCUT2D eigenvalue weighted by molar-refractivity contribution is 7.15. The van der Waals surface area contributed by atoms with Crippen molar-refractivity contribution in [3.63, 3.8) is 0 Å². The normalized spacial score (nSPS) is 15.9. The number of halogens is 3. The number of nitrogens with zero attached hydrogens (tertiary/aromatic N) is 4. The third kappa shape index (κ3) is 4.31. The Kier molecular flexibility index (Phi) is 5.88. The number of nitrogens with one attached hydrogen (secondary N) is 1. The minimum absolute atomic E-state index is 0.134. The van der Waals surface area contributed by atoms with Crippen molar-refractivity contribution >= 4 is 39.4 Å². The lowest BCUT2D eigenvalue weighted by atomic mass is 10.0. The van der Waals surface area contributed by atoms with Crippen LogP contribution in [0.5, 0.6) is 0 Å². The van der Waals surface area contributed by atoms with Gasteiger partial charge in [-0.3, -0.25) is 14.0 Å². The fraction of sp³-hybridized carbons (Fsp3) is 0.304. The van der Waals surface area contributed by atoms with Gasteiger partial charge in [0.05, 0.1) is 27.2 Å². The highest BCUT2D eigenvalue weighted by Gasteiger charge is 2.36. The lowest BCUT2D eigenvalue weighted by Crippen LogP contribution is -2.56. The van der Waals surface area contributed by atoms with Crippen LogP contribution < -0.4 is 5.32 Å². The maximum Gasteiger partial charge on any atom is 0.416 e. The summed E-state index contributed by atoms with van der Waals surface area (Å²) < 4.78 is 41.4. The summed E-state index contributed by atoms with van der Waals surface area (Å²) in [6.45, 7) is 4.22. The van der Waals surface area contributed by atoms with Crippen molar-refractivity contribution in [1.82, 2.24) is 24.6 Å². The molecule has 0 aliphatic carbocycles. The highest BCUT2D eigenvalue weighted by atomic mass is 32.1. The molecule has 7 nitrogen and oxygen atoms in total. The zero-order valence-corrected chi connectivity index (χ0v) is 20.4. The Labute approximate surface area is 206 Å². The first-order chi connectivity index (χ1) is 16.6. The van der Waals surface area contributed by atoms with E-state index < -0.39 is 11.7 Å². The van der Waals surface area contributed by atoms with Crippen LogP contribution in [0.3, 0.4) is 0 Å². The SMILES string of the molecule is Cc1nc(C(=O)N2CC[C@@H]2CNC(=O)c2c(C)nc3sccn23)c(-c2cccc(C(F)(F)F)c2)s1. The lowest BCUT2D eigenvalue weighted by Gasteiger charge is -2.40. The summed E-state index contributed by atoms with van der Waals surface area (Å²) in [6, 6.07) is 4.68. The molecular weight excluding hydrogens is 499 g/mol. The van der Waals surface area contributed by atoms with Crippen molar-refractivity contribution in [2.45, 2.75) is 32.5 Å². The number of benzene rings is 1. The largest absolute Gasteiger partial charge is 0.416 e. The first-order valence-corrected chi connectivity index (χ1v) is 12.5. The third-order valence-electron chi connectivity index (χ3n) is 5.94. The number of hydrogen-bond acceptors (Lipinski definition) is 6. The van der Waals surface area contributed by atoms with Crippen molar-refractivity contribution in [2.75, 3.05) is 13.1 Å². The Balaban J connectivity index is 1.32. The van der Waals surface area contributed by atoms with Crippen LogP contribution in [0.1, 0.15) is 43.7 Å². The minimum Gasteiger partial charge on any atom is -0.349 e. The summed E-state index contributed by atoms with van der Waals surface area (Å²) >= 11 is 2.62. The predicted octanol–water partition coefficient (Wildman–Crippen LogP) is 4.80. The van der Waals surface area contributed by atoms with Gasteiger partial charge >= 0.3 is 6.18 Å². The number of aryl methyl sites for hydroxylation is 2. The molecule has 1 saturated heterocycles. The van der Waals surface area contributed by atoms with Gasteiger partial charge in [0.2, 0.25) is 0 Å². The van der Waals surface area contributed by atoms with Gasteiger partial charge in [-0.25, -0.2) is 9.97 Å². The summed E-state index contributed by atoms with van der Waals surface area (Å²) in [7, 11) is 0. The smallest absolute Gasteiger partial charge is 0.349 e. The van der Waals surface area contributed by atoms with E-state index in [0.717, 1.165) is 17.1 Å². The summed E-state index contributed by atoms with van der Waals surface area (Å²) in [5.41, 5.74) is 0.739.